The van der Waals surface area contributed by atoms with Gasteiger partial charge < -0.3 is 15.6 Å². The van der Waals surface area contributed by atoms with Crippen molar-refractivity contribution in [2.24, 2.45) is 5.73 Å². The third-order valence-electron chi connectivity index (χ3n) is 5.36. The number of anilines is 1. The van der Waals surface area contributed by atoms with Gasteiger partial charge in [-0.15, -0.1) is 0 Å². The van der Waals surface area contributed by atoms with E-state index < -0.39 is 35.4 Å². The van der Waals surface area contributed by atoms with Gasteiger partial charge in [0.05, 0.1) is 16.5 Å². The van der Waals surface area contributed by atoms with E-state index in [1.54, 1.807) is 6.92 Å². The lowest BCUT2D eigenvalue weighted by Crippen LogP contribution is -2.35. The Kier molecular flexibility index (Phi) is 4.95. The Hall–Kier alpha value is -3.08. The first-order valence-electron chi connectivity index (χ1n) is 9.40. The quantitative estimate of drug-likeness (QED) is 0.465. The van der Waals surface area contributed by atoms with Gasteiger partial charge in [0.25, 0.3) is 12.0 Å². The Morgan fingerprint density at radius 3 is 2.52 bits per heavy atom. The molecule has 1 atom stereocenters. The highest BCUT2D eigenvalue weighted by Crippen LogP contribution is 2.48. The molecule has 2 aromatic heterocycles. The third kappa shape index (κ3) is 3.85. The van der Waals surface area contributed by atoms with Crippen molar-refractivity contribution in [2.45, 2.75) is 44.1 Å². The standard InChI is InChI=1S/C20H18F5N5O/c1-10-27-14-8-15(31)30(19(5-6-19)18(21)22)9-13(14)17(28-10)29-16(26)11-3-2-4-12(7-11)20(23,24)25/h2-4,7-9,16,18H,5-6,26H2,1H3,(H,27,28,29)/t16-/m0/s1. The zero-order valence-corrected chi connectivity index (χ0v) is 16.3. The summed E-state index contributed by atoms with van der Waals surface area (Å²) >= 11 is 0. The van der Waals surface area contributed by atoms with Gasteiger partial charge in [-0.05, 0) is 37.5 Å². The van der Waals surface area contributed by atoms with Gasteiger partial charge in [0.15, 0.2) is 0 Å². The molecule has 1 saturated carbocycles. The molecule has 0 unspecified atom stereocenters. The Bertz CT molecular complexity index is 1200. The second-order valence-corrected chi connectivity index (χ2v) is 7.55. The zero-order valence-electron chi connectivity index (χ0n) is 16.3. The highest BCUT2D eigenvalue weighted by atomic mass is 19.4. The minimum Gasteiger partial charge on any atom is -0.350 e. The summed E-state index contributed by atoms with van der Waals surface area (Å²) in [6, 6.07) is 5.65. The molecule has 1 aliphatic carbocycles. The average molecular weight is 439 g/mol. The lowest BCUT2D eigenvalue weighted by Gasteiger charge is -2.21. The van der Waals surface area contributed by atoms with Crippen molar-refractivity contribution in [2.75, 3.05) is 5.32 Å². The summed E-state index contributed by atoms with van der Waals surface area (Å²) in [4.78, 5) is 20.8. The van der Waals surface area contributed by atoms with Crippen molar-refractivity contribution in [3.8, 4) is 0 Å². The number of halogens is 5. The lowest BCUT2D eigenvalue weighted by molar-refractivity contribution is -0.137. The van der Waals surface area contributed by atoms with Crippen LogP contribution in [0.15, 0.2) is 41.3 Å². The van der Waals surface area contributed by atoms with Crippen LogP contribution in [0.5, 0.6) is 0 Å². The van der Waals surface area contributed by atoms with Crippen LogP contribution < -0.4 is 16.6 Å². The van der Waals surface area contributed by atoms with E-state index in [1.807, 2.05) is 0 Å². The molecule has 0 bridgehead atoms. The second kappa shape index (κ2) is 7.26. The molecule has 3 N–H and O–H groups in total. The molecule has 0 saturated heterocycles. The van der Waals surface area contributed by atoms with Crippen molar-refractivity contribution in [3.05, 3.63) is 63.8 Å². The van der Waals surface area contributed by atoms with Gasteiger partial charge in [-0.3, -0.25) is 4.79 Å². The van der Waals surface area contributed by atoms with E-state index in [1.165, 1.54) is 18.3 Å². The number of aryl methyl sites for hydroxylation is 1. The smallest absolute Gasteiger partial charge is 0.350 e. The monoisotopic (exact) mass is 439 g/mol. The number of nitrogens with two attached hydrogens (primary N) is 1. The molecule has 1 aromatic carbocycles. The molecule has 2 heterocycles. The van der Waals surface area contributed by atoms with E-state index in [0.717, 1.165) is 22.8 Å². The van der Waals surface area contributed by atoms with Gasteiger partial charge in [-0.1, -0.05) is 12.1 Å². The first kappa shape index (κ1) is 21.2. The van der Waals surface area contributed by atoms with Crippen LogP contribution in [0.1, 0.15) is 36.0 Å². The van der Waals surface area contributed by atoms with Crippen molar-refractivity contribution in [1.82, 2.24) is 14.5 Å². The van der Waals surface area contributed by atoms with Gasteiger partial charge in [0, 0.05) is 12.3 Å². The Labute approximate surface area is 172 Å². The van der Waals surface area contributed by atoms with Gasteiger partial charge >= 0.3 is 6.18 Å². The molecule has 0 aliphatic heterocycles. The fourth-order valence-corrected chi connectivity index (χ4v) is 3.51. The fraction of sp³-hybridized carbons (Fsp3) is 0.350. The number of hydrogen-bond acceptors (Lipinski definition) is 5. The molecule has 1 aliphatic rings. The van der Waals surface area contributed by atoms with E-state index >= 15 is 0 Å². The molecule has 4 rings (SSSR count). The van der Waals surface area contributed by atoms with Crippen LogP contribution in [0.3, 0.4) is 0 Å². The Balaban J connectivity index is 1.76. The molecule has 0 spiro atoms. The van der Waals surface area contributed by atoms with Crippen molar-refractivity contribution in [1.29, 1.82) is 0 Å². The maximum absolute atomic E-state index is 13.6. The SMILES string of the molecule is Cc1nc(N[C@H](N)c2cccc(C(F)(F)F)c2)c2cn(C3(C(F)F)CC3)c(=O)cc2n1. The van der Waals surface area contributed by atoms with E-state index in [0.29, 0.717) is 0 Å². The molecular weight excluding hydrogens is 421 g/mol. The Morgan fingerprint density at radius 1 is 1.19 bits per heavy atom. The highest BCUT2D eigenvalue weighted by molar-refractivity contribution is 5.88. The number of alkyl halides is 5. The number of hydrogen-bond donors (Lipinski definition) is 2. The van der Waals surface area contributed by atoms with Crippen LogP contribution >= 0.6 is 0 Å². The summed E-state index contributed by atoms with van der Waals surface area (Å²) in [5, 5.41) is 3.09. The first-order valence-corrected chi connectivity index (χ1v) is 9.40. The number of nitrogens with one attached hydrogen (secondary N) is 1. The topological polar surface area (TPSA) is 85.8 Å². The molecule has 0 amide bonds. The molecule has 1 fully saturated rings. The number of fused-ring (bicyclic) bond motifs is 1. The number of aromatic nitrogens is 3. The number of benzene rings is 1. The average Bonchev–Trinajstić information content (AvgIpc) is 3.48. The summed E-state index contributed by atoms with van der Waals surface area (Å²) in [6.07, 6.45) is -6.75. The summed E-state index contributed by atoms with van der Waals surface area (Å²) in [5.41, 5.74) is 3.41. The molecule has 11 heteroatoms. The molecule has 6 nitrogen and oxygen atoms in total. The van der Waals surface area contributed by atoms with Crippen molar-refractivity contribution in [3.63, 3.8) is 0 Å². The molecule has 164 valence electrons. The molecular formula is C20H18F5N5O. The van der Waals surface area contributed by atoms with E-state index in [4.69, 9.17) is 5.73 Å². The van der Waals surface area contributed by atoms with Crippen LogP contribution in [0.25, 0.3) is 10.9 Å². The van der Waals surface area contributed by atoms with Crippen LogP contribution in [0.4, 0.5) is 27.8 Å². The first-order chi connectivity index (χ1) is 14.5. The van der Waals surface area contributed by atoms with Crippen molar-refractivity contribution < 1.29 is 22.0 Å². The van der Waals surface area contributed by atoms with Crippen LogP contribution in [0, 0.1) is 6.92 Å². The minimum atomic E-state index is -4.53. The van der Waals surface area contributed by atoms with Gasteiger partial charge in [0.2, 0.25) is 0 Å². The van der Waals surface area contributed by atoms with Crippen molar-refractivity contribution >= 4 is 16.7 Å². The fourth-order valence-electron chi connectivity index (χ4n) is 3.51. The van der Waals surface area contributed by atoms with E-state index in [-0.39, 0.29) is 41.0 Å². The molecule has 31 heavy (non-hydrogen) atoms. The van der Waals surface area contributed by atoms with Crippen LogP contribution in [0.2, 0.25) is 0 Å². The Morgan fingerprint density at radius 2 is 1.90 bits per heavy atom. The number of nitrogens with zero attached hydrogens (tertiary/aromatic N) is 3. The van der Waals surface area contributed by atoms with E-state index in [2.05, 4.69) is 15.3 Å². The van der Waals surface area contributed by atoms with Crippen LogP contribution in [-0.2, 0) is 11.7 Å². The zero-order chi connectivity index (χ0) is 22.6. The highest BCUT2D eigenvalue weighted by Gasteiger charge is 2.53. The summed E-state index contributed by atoms with van der Waals surface area (Å²) in [5.74, 6) is 0.407. The maximum Gasteiger partial charge on any atom is 0.416 e. The maximum atomic E-state index is 13.6. The van der Waals surface area contributed by atoms with Crippen LogP contribution in [-0.4, -0.2) is 21.0 Å². The minimum absolute atomic E-state index is 0.131. The predicted molar refractivity (Wildman–Crippen MR) is 104 cm³/mol. The number of pyridine rings is 1. The van der Waals surface area contributed by atoms with E-state index in [9.17, 15) is 26.7 Å². The normalized spacial score (nSPS) is 16.5. The van der Waals surface area contributed by atoms with Gasteiger partial charge in [-0.25, -0.2) is 18.7 Å². The van der Waals surface area contributed by atoms with Gasteiger partial charge in [-0.2, -0.15) is 13.2 Å². The summed E-state index contributed by atoms with van der Waals surface area (Å²) < 4.78 is 67.1. The molecule has 0 radical (unpaired) electrons. The van der Waals surface area contributed by atoms with Gasteiger partial charge in [0.1, 0.15) is 23.3 Å². The largest absolute Gasteiger partial charge is 0.416 e. The molecule has 3 aromatic rings. The summed E-state index contributed by atoms with van der Waals surface area (Å²) in [6.45, 7) is 1.56. The summed E-state index contributed by atoms with van der Waals surface area (Å²) in [7, 11) is 0. The number of rotatable bonds is 5. The third-order valence-corrected chi connectivity index (χ3v) is 5.36. The lowest BCUT2D eigenvalue weighted by atomic mass is 10.1. The second-order valence-electron chi connectivity index (χ2n) is 7.55. The predicted octanol–water partition coefficient (Wildman–Crippen LogP) is 3.94.